The van der Waals surface area contributed by atoms with Crippen molar-refractivity contribution in [1.29, 1.82) is 0 Å². The van der Waals surface area contributed by atoms with Gasteiger partial charge >= 0.3 is 6.30 Å². The lowest BCUT2D eigenvalue weighted by Crippen LogP contribution is -2.37. The van der Waals surface area contributed by atoms with E-state index in [2.05, 4.69) is 4.98 Å². The second kappa shape index (κ2) is 5.00. The molecule has 0 radical (unpaired) electrons. The second-order valence-corrected chi connectivity index (χ2v) is 4.93. The number of carbonyl (C=O) groups excluding carboxylic acids is 1. The van der Waals surface area contributed by atoms with E-state index < -0.39 is 12.2 Å². The fraction of sp³-hybridized carbons (Fsp3) is 0.167. The van der Waals surface area contributed by atoms with Crippen LogP contribution in [-0.2, 0) is 0 Å². The van der Waals surface area contributed by atoms with Gasteiger partial charge < -0.3 is 0 Å². The average molecular weight is 286 g/mol. The van der Waals surface area contributed by atoms with Crippen LogP contribution in [-0.4, -0.2) is 17.2 Å². The maximum Gasteiger partial charge on any atom is 0.484 e. The van der Waals surface area contributed by atoms with Crippen LogP contribution in [0.5, 0.6) is 0 Å². The van der Waals surface area contributed by atoms with E-state index in [1.54, 1.807) is 37.3 Å². The van der Waals surface area contributed by atoms with Crippen molar-refractivity contribution in [3.8, 4) is 10.4 Å². The van der Waals surface area contributed by atoms with Crippen LogP contribution >= 0.6 is 11.3 Å². The Morgan fingerprint density at radius 1 is 1.26 bits per heavy atom. The van der Waals surface area contributed by atoms with Crippen molar-refractivity contribution in [2.75, 3.05) is 0 Å². The first kappa shape index (κ1) is 13.5. The summed E-state index contributed by atoms with van der Waals surface area (Å²) in [4.78, 5) is 15.9. The molecule has 1 N–H and O–H groups in total. The average Bonchev–Trinajstić information content (AvgIpc) is 2.70. The topological polar surface area (TPSA) is 42.0 Å². The molecule has 19 heavy (non-hydrogen) atoms. The van der Waals surface area contributed by atoms with Gasteiger partial charge in [-0.1, -0.05) is 30.3 Å². The molecule has 100 valence electrons. The minimum Gasteiger partial charge on any atom is -0.267 e. The fourth-order valence-electron chi connectivity index (χ4n) is 1.55. The first-order valence-electron chi connectivity index (χ1n) is 5.29. The predicted octanol–water partition coefficient (Wildman–Crippen LogP) is 3.37. The molecule has 1 amide bonds. The Balaban J connectivity index is 2.40. The van der Waals surface area contributed by atoms with Gasteiger partial charge in [0, 0.05) is 0 Å². The zero-order chi connectivity index (χ0) is 14.0. The van der Waals surface area contributed by atoms with Gasteiger partial charge in [-0.3, -0.25) is 10.1 Å². The lowest BCUT2D eigenvalue weighted by Gasteiger charge is -2.08. The molecule has 2 rings (SSSR count). The minimum absolute atomic E-state index is 0.203. The van der Waals surface area contributed by atoms with Crippen LogP contribution in [0.25, 0.3) is 10.4 Å². The third-order valence-electron chi connectivity index (χ3n) is 2.24. The van der Waals surface area contributed by atoms with Crippen molar-refractivity contribution >= 4 is 17.2 Å². The van der Waals surface area contributed by atoms with Crippen molar-refractivity contribution in [2.45, 2.75) is 13.2 Å². The van der Waals surface area contributed by atoms with Crippen LogP contribution in [0.3, 0.4) is 0 Å². The van der Waals surface area contributed by atoms with E-state index in [1.807, 2.05) is 0 Å². The molecule has 0 bridgehead atoms. The Labute approximate surface area is 111 Å². The van der Waals surface area contributed by atoms with Crippen molar-refractivity contribution in [1.82, 2.24) is 10.3 Å². The Kier molecular flexibility index (Phi) is 3.57. The van der Waals surface area contributed by atoms with E-state index in [0.717, 1.165) is 5.32 Å². The van der Waals surface area contributed by atoms with Gasteiger partial charge in [-0.2, -0.15) is 13.2 Å². The first-order chi connectivity index (χ1) is 8.87. The number of aryl methyl sites for hydroxylation is 1. The highest BCUT2D eigenvalue weighted by Gasteiger charge is 2.32. The summed E-state index contributed by atoms with van der Waals surface area (Å²) in [7, 11) is 0. The van der Waals surface area contributed by atoms with Crippen LogP contribution in [0, 0.1) is 6.92 Å². The third-order valence-corrected chi connectivity index (χ3v) is 3.26. The van der Waals surface area contributed by atoms with Gasteiger partial charge in [0.25, 0.3) is 5.91 Å². The molecule has 2 aromatic rings. The van der Waals surface area contributed by atoms with E-state index in [4.69, 9.17) is 0 Å². The highest BCUT2D eigenvalue weighted by molar-refractivity contribution is 7.15. The van der Waals surface area contributed by atoms with Crippen LogP contribution in [0.1, 0.15) is 15.5 Å². The molecule has 0 fully saturated rings. The highest BCUT2D eigenvalue weighted by atomic mass is 32.1. The summed E-state index contributed by atoms with van der Waals surface area (Å²) < 4.78 is 36.5. The van der Waals surface area contributed by atoms with Crippen molar-refractivity contribution in [3.05, 3.63) is 41.0 Å². The molecule has 7 heteroatoms. The SMILES string of the molecule is Cc1nc(C(=O)NC(F)(F)F)c(-c2ccccc2)s1. The Hall–Kier alpha value is -1.89. The summed E-state index contributed by atoms with van der Waals surface area (Å²) in [5.41, 5.74) is 0.464. The summed E-state index contributed by atoms with van der Waals surface area (Å²) in [5, 5.41) is 1.50. The summed E-state index contributed by atoms with van der Waals surface area (Å²) in [5.74, 6) is -1.24. The molecule has 0 saturated carbocycles. The molecule has 0 aliphatic heterocycles. The number of nitrogens with one attached hydrogen (secondary N) is 1. The van der Waals surface area contributed by atoms with Crippen LogP contribution < -0.4 is 5.32 Å². The molecule has 0 aliphatic rings. The van der Waals surface area contributed by atoms with Crippen molar-refractivity contribution < 1.29 is 18.0 Å². The number of thiazole rings is 1. The first-order valence-corrected chi connectivity index (χ1v) is 6.10. The maximum absolute atomic E-state index is 12.2. The van der Waals surface area contributed by atoms with E-state index >= 15 is 0 Å². The molecule has 0 unspecified atom stereocenters. The third kappa shape index (κ3) is 3.31. The molecule has 1 aromatic heterocycles. The van der Waals surface area contributed by atoms with Crippen molar-refractivity contribution in [3.63, 3.8) is 0 Å². The Morgan fingerprint density at radius 3 is 2.47 bits per heavy atom. The molecule has 3 nitrogen and oxygen atoms in total. The molecule has 1 aromatic carbocycles. The number of alkyl halides is 3. The number of rotatable bonds is 2. The maximum atomic E-state index is 12.2. The van der Waals surface area contributed by atoms with Gasteiger partial charge in [-0.25, -0.2) is 4.98 Å². The monoisotopic (exact) mass is 286 g/mol. The zero-order valence-corrected chi connectivity index (χ0v) is 10.6. The number of benzene rings is 1. The predicted molar refractivity (Wildman–Crippen MR) is 65.8 cm³/mol. The number of nitrogens with zero attached hydrogens (tertiary/aromatic N) is 1. The standard InChI is InChI=1S/C12H9F3N2OS/c1-7-16-9(11(18)17-12(13,14)15)10(19-7)8-5-3-2-4-6-8/h2-6H,1H3,(H,17,18). The number of hydrogen-bond acceptors (Lipinski definition) is 3. The van der Waals surface area contributed by atoms with Crippen LogP contribution in [0.15, 0.2) is 30.3 Å². The number of aromatic nitrogens is 1. The number of carbonyl (C=O) groups is 1. The van der Waals surface area contributed by atoms with E-state index in [-0.39, 0.29) is 5.69 Å². The van der Waals surface area contributed by atoms with Crippen LogP contribution in [0.4, 0.5) is 13.2 Å². The fourth-order valence-corrected chi connectivity index (χ4v) is 2.48. The summed E-state index contributed by atoms with van der Waals surface area (Å²) in [6, 6.07) is 8.72. The molecule has 0 spiro atoms. The molecule has 1 heterocycles. The van der Waals surface area contributed by atoms with E-state index in [0.29, 0.717) is 15.4 Å². The van der Waals surface area contributed by atoms with Crippen molar-refractivity contribution in [2.24, 2.45) is 0 Å². The number of halogens is 3. The smallest absolute Gasteiger partial charge is 0.267 e. The van der Waals surface area contributed by atoms with Gasteiger partial charge in [-0.15, -0.1) is 11.3 Å². The zero-order valence-electron chi connectivity index (χ0n) is 9.78. The lowest BCUT2D eigenvalue weighted by molar-refractivity contribution is -0.146. The summed E-state index contributed by atoms with van der Waals surface area (Å²) in [6.07, 6.45) is -4.76. The normalized spacial score (nSPS) is 11.4. The largest absolute Gasteiger partial charge is 0.484 e. The number of amides is 1. The van der Waals surface area contributed by atoms with Gasteiger partial charge in [0.05, 0.1) is 9.88 Å². The quantitative estimate of drug-likeness (QED) is 0.860. The second-order valence-electron chi connectivity index (χ2n) is 3.73. The van der Waals surface area contributed by atoms with Gasteiger partial charge in [0.15, 0.2) is 0 Å². The number of hydrogen-bond donors (Lipinski definition) is 1. The van der Waals surface area contributed by atoms with E-state index in [1.165, 1.54) is 11.3 Å². The van der Waals surface area contributed by atoms with Gasteiger partial charge in [-0.05, 0) is 12.5 Å². The minimum atomic E-state index is -4.76. The molecular formula is C12H9F3N2OS. The lowest BCUT2D eigenvalue weighted by atomic mass is 10.1. The molecule has 0 saturated heterocycles. The Bertz CT molecular complexity index is 593. The summed E-state index contributed by atoms with van der Waals surface area (Å²) in [6.45, 7) is 1.64. The van der Waals surface area contributed by atoms with Gasteiger partial charge in [0.2, 0.25) is 0 Å². The summed E-state index contributed by atoms with van der Waals surface area (Å²) >= 11 is 1.18. The molecular weight excluding hydrogens is 277 g/mol. The molecule has 0 aliphatic carbocycles. The highest BCUT2D eigenvalue weighted by Crippen LogP contribution is 2.30. The van der Waals surface area contributed by atoms with Crippen LogP contribution in [0.2, 0.25) is 0 Å². The van der Waals surface area contributed by atoms with Gasteiger partial charge in [0.1, 0.15) is 5.69 Å². The molecule has 0 atom stereocenters. The van der Waals surface area contributed by atoms with E-state index in [9.17, 15) is 18.0 Å². The Morgan fingerprint density at radius 2 is 1.89 bits per heavy atom.